The second-order valence-corrected chi connectivity index (χ2v) is 7.35. The third-order valence-electron chi connectivity index (χ3n) is 4.87. The minimum Gasteiger partial charge on any atom is -0.483 e. The number of aliphatic hydroxyl groups excluding tert-OH is 1. The fourth-order valence-electron chi connectivity index (χ4n) is 3.35. The van der Waals surface area contributed by atoms with E-state index in [4.69, 9.17) is 9.15 Å². The minimum absolute atomic E-state index is 0.0946. The van der Waals surface area contributed by atoms with E-state index in [1.165, 1.54) is 6.07 Å². The molecule has 3 aromatic rings. The van der Waals surface area contributed by atoms with E-state index in [0.717, 1.165) is 41.3 Å². The molecule has 0 unspecified atom stereocenters. The van der Waals surface area contributed by atoms with Gasteiger partial charge in [0.1, 0.15) is 11.3 Å². The van der Waals surface area contributed by atoms with Crippen molar-refractivity contribution < 1.29 is 19.1 Å². The van der Waals surface area contributed by atoms with Crippen LogP contribution >= 0.6 is 0 Å². The first-order chi connectivity index (χ1) is 14.5. The molecular formula is C24H27NO5. The van der Waals surface area contributed by atoms with Gasteiger partial charge in [-0.15, -0.1) is 0 Å². The minimum atomic E-state index is -0.787. The molecule has 0 fully saturated rings. The van der Waals surface area contributed by atoms with Crippen LogP contribution in [0.2, 0.25) is 0 Å². The highest BCUT2D eigenvalue weighted by atomic mass is 16.5. The zero-order valence-corrected chi connectivity index (χ0v) is 17.3. The molecular weight excluding hydrogens is 382 g/mol. The van der Waals surface area contributed by atoms with Crippen LogP contribution in [0.4, 0.5) is 0 Å². The van der Waals surface area contributed by atoms with Crippen LogP contribution in [0.25, 0.3) is 11.0 Å². The molecule has 1 heterocycles. The lowest BCUT2D eigenvalue weighted by atomic mass is 10.0. The van der Waals surface area contributed by atoms with E-state index in [1.807, 2.05) is 31.2 Å². The summed E-state index contributed by atoms with van der Waals surface area (Å²) in [6.07, 6.45) is 1.87. The smallest absolute Gasteiger partial charge is 0.336 e. The Hall–Kier alpha value is -3.12. The molecule has 3 rings (SSSR count). The molecule has 1 aromatic heterocycles. The molecule has 1 amide bonds. The number of hydrogen-bond donors (Lipinski definition) is 2. The lowest BCUT2D eigenvalue weighted by Crippen LogP contribution is -2.32. The van der Waals surface area contributed by atoms with Crippen molar-refractivity contribution in [3.63, 3.8) is 0 Å². The van der Waals surface area contributed by atoms with E-state index in [2.05, 4.69) is 12.2 Å². The summed E-state index contributed by atoms with van der Waals surface area (Å²) < 4.78 is 11.2. The highest BCUT2D eigenvalue weighted by molar-refractivity contribution is 5.88. The fourth-order valence-corrected chi connectivity index (χ4v) is 3.35. The van der Waals surface area contributed by atoms with Gasteiger partial charge in [-0.1, -0.05) is 43.7 Å². The number of benzene rings is 2. The molecule has 0 aliphatic carbocycles. The first-order valence-electron chi connectivity index (χ1n) is 10.2. The Morgan fingerprint density at radius 1 is 1.20 bits per heavy atom. The van der Waals surface area contributed by atoms with Crippen LogP contribution in [-0.4, -0.2) is 24.2 Å². The maximum absolute atomic E-state index is 12.3. The summed E-state index contributed by atoms with van der Waals surface area (Å²) >= 11 is 0. The van der Waals surface area contributed by atoms with Crippen molar-refractivity contribution in [1.29, 1.82) is 0 Å². The predicted molar refractivity (Wildman–Crippen MR) is 116 cm³/mol. The van der Waals surface area contributed by atoms with E-state index in [1.54, 1.807) is 18.2 Å². The third kappa shape index (κ3) is 5.48. The van der Waals surface area contributed by atoms with Gasteiger partial charge in [0.2, 0.25) is 0 Å². The first-order valence-corrected chi connectivity index (χ1v) is 10.2. The summed E-state index contributed by atoms with van der Waals surface area (Å²) in [5, 5.41) is 13.6. The third-order valence-corrected chi connectivity index (χ3v) is 4.87. The zero-order chi connectivity index (χ0) is 21.5. The topological polar surface area (TPSA) is 88.8 Å². The number of hydrogen-bond acceptors (Lipinski definition) is 5. The van der Waals surface area contributed by atoms with E-state index in [9.17, 15) is 14.7 Å². The molecule has 0 saturated carbocycles. The molecule has 2 aromatic carbocycles. The van der Waals surface area contributed by atoms with Gasteiger partial charge in [0.25, 0.3) is 5.91 Å². The van der Waals surface area contributed by atoms with Crippen LogP contribution in [0, 0.1) is 6.92 Å². The Morgan fingerprint density at radius 2 is 1.97 bits per heavy atom. The lowest BCUT2D eigenvalue weighted by Gasteiger charge is -2.14. The van der Waals surface area contributed by atoms with Crippen LogP contribution in [0.1, 0.15) is 42.6 Å². The monoisotopic (exact) mass is 409 g/mol. The average Bonchev–Trinajstić information content (AvgIpc) is 2.74. The van der Waals surface area contributed by atoms with E-state index in [0.29, 0.717) is 11.3 Å². The number of amides is 1. The maximum atomic E-state index is 12.3. The van der Waals surface area contributed by atoms with Crippen molar-refractivity contribution in [2.24, 2.45) is 0 Å². The normalized spacial score (nSPS) is 12.0. The highest BCUT2D eigenvalue weighted by Gasteiger charge is 2.15. The Kier molecular flexibility index (Phi) is 7.25. The van der Waals surface area contributed by atoms with Gasteiger partial charge in [-0.3, -0.25) is 4.79 Å². The number of nitrogens with one attached hydrogen (secondary N) is 1. The van der Waals surface area contributed by atoms with Gasteiger partial charge in [0, 0.05) is 12.6 Å². The van der Waals surface area contributed by atoms with Crippen molar-refractivity contribution >= 4 is 16.9 Å². The maximum Gasteiger partial charge on any atom is 0.336 e. The number of rotatable bonds is 9. The molecule has 6 heteroatoms. The molecule has 0 bridgehead atoms. The average molecular weight is 409 g/mol. The van der Waals surface area contributed by atoms with E-state index >= 15 is 0 Å². The molecule has 0 radical (unpaired) electrons. The second-order valence-electron chi connectivity index (χ2n) is 7.35. The van der Waals surface area contributed by atoms with Gasteiger partial charge in [-0.2, -0.15) is 0 Å². The van der Waals surface area contributed by atoms with Crippen LogP contribution in [0.3, 0.4) is 0 Å². The van der Waals surface area contributed by atoms with E-state index in [-0.39, 0.29) is 19.1 Å². The molecule has 6 nitrogen and oxygen atoms in total. The summed E-state index contributed by atoms with van der Waals surface area (Å²) in [6, 6.07) is 14.3. The number of carbonyl (C=O) groups excluding carboxylic acids is 1. The summed E-state index contributed by atoms with van der Waals surface area (Å²) in [6.45, 7) is 3.86. The number of aliphatic hydroxyl groups is 1. The predicted octanol–water partition coefficient (Wildman–Crippen LogP) is 3.67. The summed E-state index contributed by atoms with van der Waals surface area (Å²) in [7, 11) is 0. The van der Waals surface area contributed by atoms with Gasteiger partial charge < -0.3 is 19.6 Å². The Bertz CT molecular complexity index is 1060. The van der Waals surface area contributed by atoms with E-state index < -0.39 is 11.7 Å². The number of fused-ring (bicyclic) bond motifs is 1. The quantitative estimate of drug-likeness (QED) is 0.527. The second kappa shape index (κ2) is 10.1. The summed E-state index contributed by atoms with van der Waals surface area (Å²) in [5.41, 5.74) is 2.53. The first kappa shape index (κ1) is 21.6. The number of ether oxygens (including phenoxy) is 1. The molecule has 1 atom stereocenters. The molecule has 158 valence electrons. The largest absolute Gasteiger partial charge is 0.483 e. The van der Waals surface area contributed by atoms with Crippen LogP contribution in [0.15, 0.2) is 57.7 Å². The van der Waals surface area contributed by atoms with Gasteiger partial charge in [-0.05, 0) is 48.6 Å². The van der Waals surface area contributed by atoms with Gasteiger partial charge in [0.15, 0.2) is 6.61 Å². The van der Waals surface area contributed by atoms with Gasteiger partial charge >= 0.3 is 5.63 Å². The zero-order valence-electron chi connectivity index (χ0n) is 17.3. The molecule has 30 heavy (non-hydrogen) atoms. The standard InChI is InChI=1S/C24H27NO5/c1-3-4-8-18-13-23(28)30-21-12-16(2)11-20(24(18)21)29-15-22(27)25-14-19(26)17-9-6-5-7-10-17/h5-7,9-13,19,26H,3-4,8,14-15H2,1-2H3,(H,25,27)/t19-/m0/s1. The van der Waals surface area contributed by atoms with Crippen molar-refractivity contribution in [1.82, 2.24) is 5.32 Å². The number of unbranched alkanes of at least 4 members (excludes halogenated alkanes) is 1. The van der Waals surface area contributed by atoms with Crippen LogP contribution < -0.4 is 15.7 Å². The number of carbonyl (C=O) groups is 1. The molecule has 0 aliphatic heterocycles. The SMILES string of the molecule is CCCCc1cc(=O)oc2cc(C)cc(OCC(=O)NC[C@H](O)c3ccccc3)c12. The summed E-state index contributed by atoms with van der Waals surface area (Å²) in [4.78, 5) is 24.2. The Labute approximate surface area is 175 Å². The molecule has 2 N–H and O–H groups in total. The van der Waals surface area contributed by atoms with Crippen LogP contribution in [-0.2, 0) is 11.2 Å². The van der Waals surface area contributed by atoms with Crippen molar-refractivity contribution in [3.8, 4) is 5.75 Å². The van der Waals surface area contributed by atoms with Crippen molar-refractivity contribution in [3.05, 3.63) is 75.6 Å². The van der Waals surface area contributed by atoms with Crippen molar-refractivity contribution in [2.45, 2.75) is 39.2 Å². The lowest BCUT2D eigenvalue weighted by molar-refractivity contribution is -0.123. The van der Waals surface area contributed by atoms with Gasteiger partial charge in [-0.25, -0.2) is 4.79 Å². The fraction of sp³-hybridized carbons (Fsp3) is 0.333. The highest BCUT2D eigenvalue weighted by Crippen LogP contribution is 2.30. The van der Waals surface area contributed by atoms with Gasteiger partial charge in [0.05, 0.1) is 11.5 Å². The number of aryl methyl sites for hydroxylation is 2. The molecule has 0 aliphatic rings. The Morgan fingerprint density at radius 3 is 2.70 bits per heavy atom. The summed E-state index contributed by atoms with van der Waals surface area (Å²) in [5.74, 6) is 0.172. The molecule has 0 spiro atoms. The van der Waals surface area contributed by atoms with Crippen molar-refractivity contribution in [2.75, 3.05) is 13.2 Å². The molecule has 0 saturated heterocycles. The Balaban J connectivity index is 1.71. The van der Waals surface area contributed by atoms with Crippen LogP contribution in [0.5, 0.6) is 5.75 Å².